The molecular formula is C7H9NO3. The fourth-order valence-corrected chi connectivity index (χ4v) is 1.11. The molecule has 0 aliphatic carbocycles. The Morgan fingerprint density at radius 3 is 3.00 bits per heavy atom. The van der Waals surface area contributed by atoms with Gasteiger partial charge in [-0.25, -0.2) is 4.79 Å². The first-order chi connectivity index (χ1) is 5.24. The normalized spacial score (nSPS) is 23.6. The summed E-state index contributed by atoms with van der Waals surface area (Å²) >= 11 is 0. The summed E-state index contributed by atoms with van der Waals surface area (Å²) in [6.07, 6.45) is 0.874. The van der Waals surface area contributed by atoms with Gasteiger partial charge >= 0.3 is 5.97 Å². The van der Waals surface area contributed by atoms with Crippen molar-refractivity contribution in [2.45, 2.75) is 12.8 Å². The van der Waals surface area contributed by atoms with Crippen molar-refractivity contribution < 1.29 is 14.7 Å². The number of piperidine rings is 1. The lowest BCUT2D eigenvalue weighted by atomic mass is 9.96. The SMILES string of the molecule is O=C=C1CC(C(=O)O)CCN1. The van der Waals surface area contributed by atoms with E-state index in [9.17, 15) is 9.59 Å². The fourth-order valence-electron chi connectivity index (χ4n) is 1.11. The molecule has 4 nitrogen and oxygen atoms in total. The molecule has 0 radical (unpaired) electrons. The van der Waals surface area contributed by atoms with Gasteiger partial charge in [-0.15, -0.1) is 0 Å². The van der Waals surface area contributed by atoms with E-state index in [-0.39, 0.29) is 0 Å². The molecule has 0 amide bonds. The topological polar surface area (TPSA) is 66.4 Å². The van der Waals surface area contributed by atoms with Crippen molar-refractivity contribution in [3.63, 3.8) is 0 Å². The van der Waals surface area contributed by atoms with Gasteiger partial charge < -0.3 is 10.4 Å². The fraction of sp³-hybridized carbons (Fsp3) is 0.571. The van der Waals surface area contributed by atoms with E-state index in [1.54, 1.807) is 5.94 Å². The number of rotatable bonds is 1. The van der Waals surface area contributed by atoms with Gasteiger partial charge in [0.2, 0.25) is 0 Å². The molecule has 1 unspecified atom stereocenters. The Kier molecular flexibility index (Phi) is 2.28. The number of allylic oxidation sites excluding steroid dienone is 1. The van der Waals surface area contributed by atoms with Crippen molar-refractivity contribution >= 4 is 11.9 Å². The summed E-state index contributed by atoms with van der Waals surface area (Å²) in [6.45, 7) is 0.557. The Labute approximate surface area is 63.9 Å². The summed E-state index contributed by atoms with van der Waals surface area (Å²) in [5, 5.41) is 11.4. The quantitative estimate of drug-likeness (QED) is 0.514. The molecule has 1 aliphatic rings. The maximum Gasteiger partial charge on any atom is 0.306 e. The molecule has 2 N–H and O–H groups in total. The van der Waals surface area contributed by atoms with Crippen LogP contribution in [0, 0.1) is 5.92 Å². The lowest BCUT2D eigenvalue weighted by Crippen LogP contribution is -2.30. The summed E-state index contributed by atoms with van der Waals surface area (Å²) in [6, 6.07) is 0. The van der Waals surface area contributed by atoms with Crippen molar-refractivity contribution in [1.29, 1.82) is 0 Å². The van der Waals surface area contributed by atoms with Crippen LogP contribution < -0.4 is 5.32 Å². The average Bonchev–Trinajstić information content (AvgIpc) is 2.05. The largest absolute Gasteiger partial charge is 0.481 e. The zero-order valence-corrected chi connectivity index (χ0v) is 5.96. The number of hydrogen-bond donors (Lipinski definition) is 2. The second-order valence-electron chi connectivity index (χ2n) is 2.54. The molecule has 1 heterocycles. The standard InChI is InChI=1S/C7H9NO3/c9-4-6-3-5(7(10)11)1-2-8-6/h5,8H,1-3H2,(H,10,11). The van der Waals surface area contributed by atoms with Gasteiger partial charge in [-0.3, -0.25) is 4.79 Å². The Bertz CT molecular complexity index is 218. The number of carbonyl (C=O) groups is 1. The number of hydrogen-bond acceptors (Lipinski definition) is 3. The predicted octanol–water partition coefficient (Wildman–Crippen LogP) is -0.214. The van der Waals surface area contributed by atoms with Crippen LogP contribution in [0.2, 0.25) is 0 Å². The van der Waals surface area contributed by atoms with E-state index in [0.717, 1.165) is 0 Å². The minimum Gasteiger partial charge on any atom is -0.481 e. The highest BCUT2D eigenvalue weighted by Crippen LogP contribution is 2.16. The zero-order valence-electron chi connectivity index (χ0n) is 5.96. The van der Waals surface area contributed by atoms with E-state index in [2.05, 4.69) is 5.32 Å². The zero-order chi connectivity index (χ0) is 8.27. The van der Waals surface area contributed by atoms with Gasteiger partial charge in [0, 0.05) is 13.0 Å². The van der Waals surface area contributed by atoms with Crippen LogP contribution in [0.1, 0.15) is 12.8 Å². The van der Waals surface area contributed by atoms with Crippen molar-refractivity contribution in [2.75, 3.05) is 6.54 Å². The third-order valence-corrected chi connectivity index (χ3v) is 1.75. The lowest BCUT2D eigenvalue weighted by molar-refractivity contribution is -0.142. The maximum atomic E-state index is 10.4. The highest BCUT2D eigenvalue weighted by atomic mass is 16.4. The van der Waals surface area contributed by atoms with Crippen LogP contribution in [0.4, 0.5) is 0 Å². The molecule has 0 spiro atoms. The first-order valence-electron chi connectivity index (χ1n) is 3.44. The second-order valence-corrected chi connectivity index (χ2v) is 2.54. The maximum absolute atomic E-state index is 10.4. The van der Waals surface area contributed by atoms with Crippen molar-refractivity contribution in [3.05, 3.63) is 5.70 Å². The lowest BCUT2D eigenvalue weighted by Gasteiger charge is -2.19. The Morgan fingerprint density at radius 1 is 1.73 bits per heavy atom. The van der Waals surface area contributed by atoms with Gasteiger partial charge in [-0.1, -0.05) is 0 Å². The van der Waals surface area contributed by atoms with Gasteiger partial charge in [-0.05, 0) is 6.42 Å². The summed E-state index contributed by atoms with van der Waals surface area (Å²) in [4.78, 5) is 20.6. The third kappa shape index (κ3) is 1.82. The summed E-state index contributed by atoms with van der Waals surface area (Å²) in [5.41, 5.74) is 0.378. The number of carboxylic acids is 1. The Balaban J connectivity index is 2.60. The molecule has 0 aromatic heterocycles. The van der Waals surface area contributed by atoms with Crippen molar-refractivity contribution in [2.24, 2.45) is 5.92 Å². The molecule has 1 rings (SSSR count). The molecule has 0 saturated carbocycles. The first kappa shape index (κ1) is 7.82. The van der Waals surface area contributed by atoms with Crippen molar-refractivity contribution in [3.8, 4) is 0 Å². The number of aliphatic carboxylic acids is 1. The van der Waals surface area contributed by atoms with Crippen LogP contribution in [0.3, 0.4) is 0 Å². The average molecular weight is 155 g/mol. The summed E-state index contributed by atoms with van der Waals surface area (Å²) in [5.74, 6) is 0.437. The Morgan fingerprint density at radius 2 is 2.45 bits per heavy atom. The molecule has 11 heavy (non-hydrogen) atoms. The molecule has 4 heteroatoms. The first-order valence-corrected chi connectivity index (χ1v) is 3.44. The van der Waals surface area contributed by atoms with Gasteiger partial charge in [0.05, 0.1) is 11.6 Å². The molecule has 0 bridgehead atoms. The minimum atomic E-state index is -0.834. The number of carbonyl (C=O) groups excluding carboxylic acids is 1. The van der Waals surface area contributed by atoms with E-state index in [1.165, 1.54) is 0 Å². The molecule has 1 atom stereocenters. The van der Waals surface area contributed by atoms with Gasteiger partial charge in [0.15, 0.2) is 0 Å². The molecule has 0 aromatic rings. The Hall–Kier alpha value is -1.28. The minimum absolute atomic E-state index is 0.291. The summed E-state index contributed by atoms with van der Waals surface area (Å²) < 4.78 is 0. The highest BCUT2D eigenvalue weighted by molar-refractivity contribution is 5.71. The molecule has 1 fully saturated rings. The van der Waals surface area contributed by atoms with Crippen LogP contribution in [-0.4, -0.2) is 23.6 Å². The van der Waals surface area contributed by atoms with Crippen LogP contribution in [-0.2, 0) is 9.59 Å². The van der Waals surface area contributed by atoms with Crippen LogP contribution in [0.25, 0.3) is 0 Å². The third-order valence-electron chi connectivity index (χ3n) is 1.75. The highest BCUT2D eigenvalue weighted by Gasteiger charge is 2.23. The molecular weight excluding hydrogens is 146 g/mol. The second kappa shape index (κ2) is 3.21. The molecule has 0 aromatic carbocycles. The van der Waals surface area contributed by atoms with E-state index >= 15 is 0 Å². The van der Waals surface area contributed by atoms with E-state index in [4.69, 9.17) is 5.11 Å². The van der Waals surface area contributed by atoms with Crippen LogP contribution >= 0.6 is 0 Å². The van der Waals surface area contributed by atoms with Gasteiger partial charge in [0.25, 0.3) is 0 Å². The van der Waals surface area contributed by atoms with Gasteiger partial charge in [-0.2, -0.15) is 0 Å². The number of nitrogens with one attached hydrogen (secondary N) is 1. The molecule has 60 valence electrons. The van der Waals surface area contributed by atoms with Crippen LogP contribution in [0.5, 0.6) is 0 Å². The van der Waals surface area contributed by atoms with E-state index in [0.29, 0.717) is 25.1 Å². The van der Waals surface area contributed by atoms with E-state index in [1.807, 2.05) is 0 Å². The molecule has 1 aliphatic heterocycles. The van der Waals surface area contributed by atoms with E-state index < -0.39 is 11.9 Å². The van der Waals surface area contributed by atoms with Crippen molar-refractivity contribution in [1.82, 2.24) is 5.32 Å². The van der Waals surface area contributed by atoms with Crippen LogP contribution in [0.15, 0.2) is 5.70 Å². The molecule has 1 saturated heterocycles. The number of carboxylic acid groups (broad SMARTS) is 1. The monoisotopic (exact) mass is 155 g/mol. The predicted molar refractivity (Wildman–Crippen MR) is 37.6 cm³/mol. The van der Waals surface area contributed by atoms with Gasteiger partial charge in [0.1, 0.15) is 5.94 Å². The smallest absolute Gasteiger partial charge is 0.306 e. The summed E-state index contributed by atoms with van der Waals surface area (Å²) in [7, 11) is 0.